The first-order valence-corrected chi connectivity index (χ1v) is 11.8. The van der Waals surface area contributed by atoms with Crippen LogP contribution in [-0.4, -0.2) is 33.6 Å². The molecule has 3 rings (SSSR count). The third-order valence-corrected chi connectivity index (χ3v) is 7.48. The molecule has 3 N–H and O–H groups in total. The fraction of sp³-hybridized carbons (Fsp3) is 0.364. The molecule has 0 radical (unpaired) electrons. The second-order valence-electron chi connectivity index (χ2n) is 7.44. The van der Waals surface area contributed by atoms with E-state index in [1.165, 1.54) is 23.1 Å². The van der Waals surface area contributed by atoms with Gasteiger partial charge in [-0.15, -0.1) is 23.1 Å². The molecule has 3 aromatic rings. The predicted octanol–water partition coefficient (Wildman–Crippen LogP) is 3.59. The second kappa shape index (κ2) is 9.65. The van der Waals surface area contributed by atoms with E-state index in [1.807, 2.05) is 45.9 Å². The van der Waals surface area contributed by atoms with Gasteiger partial charge in [-0.05, 0) is 57.4 Å². The number of hydrogen-bond donors (Lipinski definition) is 3. The molecule has 2 heterocycles. The lowest BCUT2D eigenvalue weighted by atomic mass is 10.1. The fourth-order valence-electron chi connectivity index (χ4n) is 3.04. The summed E-state index contributed by atoms with van der Waals surface area (Å²) in [6.45, 7) is 9.47. The Kier molecular flexibility index (Phi) is 7.17. The number of thioether (sulfide) groups is 1. The molecule has 0 bridgehead atoms. The van der Waals surface area contributed by atoms with Gasteiger partial charge in [0, 0.05) is 10.6 Å². The molecule has 1 atom stereocenters. The van der Waals surface area contributed by atoms with Crippen LogP contribution in [0.4, 0.5) is 5.69 Å². The molecule has 31 heavy (non-hydrogen) atoms. The van der Waals surface area contributed by atoms with Gasteiger partial charge in [0.2, 0.25) is 11.8 Å². The zero-order valence-electron chi connectivity index (χ0n) is 18.2. The number of hydrogen-bond acceptors (Lipinski definition) is 6. The monoisotopic (exact) mass is 458 g/mol. The van der Waals surface area contributed by atoms with Crippen LogP contribution in [0.1, 0.15) is 34.3 Å². The molecule has 9 heteroatoms. The maximum Gasteiger partial charge on any atom is 0.259 e. The van der Waals surface area contributed by atoms with Crippen molar-refractivity contribution in [2.24, 2.45) is 0 Å². The number of nitrogens with one attached hydrogen (secondary N) is 3. The average molecular weight is 459 g/mol. The third kappa shape index (κ3) is 5.34. The number of aromatic nitrogens is 2. The lowest BCUT2D eigenvalue weighted by molar-refractivity contribution is -0.123. The highest BCUT2D eigenvalue weighted by Gasteiger charge is 2.17. The van der Waals surface area contributed by atoms with Gasteiger partial charge < -0.3 is 15.6 Å². The number of carbonyl (C=O) groups is 2. The number of aromatic amines is 1. The molecule has 0 aliphatic carbocycles. The number of thiophene rings is 1. The van der Waals surface area contributed by atoms with E-state index in [-0.39, 0.29) is 23.9 Å². The zero-order valence-corrected chi connectivity index (χ0v) is 19.8. The van der Waals surface area contributed by atoms with Crippen molar-refractivity contribution < 1.29 is 9.59 Å². The molecule has 0 aliphatic heterocycles. The molecule has 0 unspecified atom stereocenters. The average Bonchev–Trinajstić information content (AvgIpc) is 3.01. The number of rotatable bonds is 7. The van der Waals surface area contributed by atoms with Gasteiger partial charge in [-0.1, -0.05) is 12.1 Å². The van der Waals surface area contributed by atoms with Gasteiger partial charge in [-0.2, -0.15) is 0 Å². The first kappa shape index (κ1) is 23.0. The molecule has 0 fully saturated rings. The first-order valence-electron chi connectivity index (χ1n) is 9.91. The number of fused-ring (bicyclic) bond motifs is 1. The molecule has 0 saturated carbocycles. The van der Waals surface area contributed by atoms with Gasteiger partial charge in [0.25, 0.3) is 5.56 Å². The number of anilines is 1. The standard InChI is InChI=1S/C22H26N4O3S2/c1-11-7-6-8-16(12(11)2)24-18(27)9-23-20(28)15(5)30-10-17-25-21(29)19-13(3)14(4)31-22(19)26-17/h6-8,15H,9-10H2,1-5H3,(H,23,28)(H,24,27)(H,25,26,29)/t15-/m0/s1. The number of H-pyrrole nitrogens is 1. The summed E-state index contributed by atoms with van der Waals surface area (Å²) in [6.07, 6.45) is 0. The summed E-state index contributed by atoms with van der Waals surface area (Å²) < 4.78 is 0. The van der Waals surface area contributed by atoms with Crippen molar-refractivity contribution in [3.8, 4) is 0 Å². The summed E-state index contributed by atoms with van der Waals surface area (Å²) in [5.74, 6) is 0.410. The van der Waals surface area contributed by atoms with Crippen LogP contribution >= 0.6 is 23.1 Å². The molecular weight excluding hydrogens is 432 g/mol. The maximum absolute atomic E-state index is 12.4. The van der Waals surface area contributed by atoms with E-state index in [2.05, 4.69) is 20.6 Å². The van der Waals surface area contributed by atoms with Crippen molar-refractivity contribution in [2.75, 3.05) is 11.9 Å². The lowest BCUT2D eigenvalue weighted by Gasteiger charge is -2.13. The van der Waals surface area contributed by atoms with Crippen LogP contribution in [0.2, 0.25) is 0 Å². The zero-order chi connectivity index (χ0) is 22.7. The van der Waals surface area contributed by atoms with Crippen molar-refractivity contribution in [1.29, 1.82) is 0 Å². The normalized spacial score (nSPS) is 12.0. The van der Waals surface area contributed by atoms with Gasteiger partial charge in [0.15, 0.2) is 0 Å². The Balaban J connectivity index is 1.52. The fourth-order valence-corrected chi connectivity index (χ4v) is 4.87. The number of amides is 2. The SMILES string of the molecule is Cc1cccc(NC(=O)CNC(=O)[C@H](C)SCc2nc3sc(C)c(C)c3c(=O)[nH]2)c1C. The summed E-state index contributed by atoms with van der Waals surface area (Å²) in [4.78, 5) is 46.1. The molecule has 2 aromatic heterocycles. The van der Waals surface area contributed by atoms with Gasteiger partial charge in [0.05, 0.1) is 22.9 Å². The molecule has 0 saturated heterocycles. The van der Waals surface area contributed by atoms with E-state index < -0.39 is 5.25 Å². The topological polar surface area (TPSA) is 104 Å². The highest BCUT2D eigenvalue weighted by Crippen LogP contribution is 2.26. The molecular formula is C22H26N4O3S2. The Morgan fingerprint density at radius 2 is 1.94 bits per heavy atom. The quantitative estimate of drug-likeness (QED) is 0.502. The van der Waals surface area contributed by atoms with Crippen LogP contribution in [0.25, 0.3) is 10.2 Å². The molecule has 1 aromatic carbocycles. The second-order valence-corrected chi connectivity index (χ2v) is 9.98. The van der Waals surface area contributed by atoms with Crippen molar-refractivity contribution >= 4 is 50.8 Å². The first-order chi connectivity index (χ1) is 14.7. The largest absolute Gasteiger partial charge is 0.346 e. The summed E-state index contributed by atoms with van der Waals surface area (Å²) in [7, 11) is 0. The Morgan fingerprint density at radius 1 is 1.19 bits per heavy atom. The van der Waals surface area contributed by atoms with E-state index in [4.69, 9.17) is 0 Å². The molecule has 7 nitrogen and oxygen atoms in total. The Morgan fingerprint density at radius 3 is 2.68 bits per heavy atom. The van der Waals surface area contributed by atoms with Crippen molar-refractivity contribution in [3.05, 3.63) is 55.9 Å². The number of aryl methyl sites for hydroxylation is 3. The van der Waals surface area contributed by atoms with Gasteiger partial charge in [-0.3, -0.25) is 14.4 Å². The predicted molar refractivity (Wildman–Crippen MR) is 128 cm³/mol. The highest BCUT2D eigenvalue weighted by molar-refractivity contribution is 7.99. The molecule has 2 amide bonds. The summed E-state index contributed by atoms with van der Waals surface area (Å²) in [5.41, 5.74) is 3.64. The van der Waals surface area contributed by atoms with Crippen molar-refractivity contribution in [3.63, 3.8) is 0 Å². The van der Waals surface area contributed by atoms with Gasteiger partial charge in [0.1, 0.15) is 10.7 Å². The minimum atomic E-state index is -0.402. The Bertz CT molecular complexity index is 1200. The minimum absolute atomic E-state index is 0.105. The van der Waals surface area contributed by atoms with E-state index in [0.29, 0.717) is 17.0 Å². The van der Waals surface area contributed by atoms with Crippen LogP contribution in [0.5, 0.6) is 0 Å². The lowest BCUT2D eigenvalue weighted by Crippen LogP contribution is -2.37. The van der Waals surface area contributed by atoms with Gasteiger partial charge in [-0.25, -0.2) is 4.98 Å². The number of nitrogens with zero attached hydrogens (tertiary/aromatic N) is 1. The summed E-state index contributed by atoms with van der Waals surface area (Å²) in [5, 5.41) is 5.72. The Labute approximate surface area is 189 Å². The van der Waals surface area contributed by atoms with E-state index in [9.17, 15) is 14.4 Å². The number of benzene rings is 1. The van der Waals surface area contributed by atoms with Crippen LogP contribution in [0.3, 0.4) is 0 Å². The van der Waals surface area contributed by atoms with Crippen molar-refractivity contribution in [2.45, 2.75) is 45.6 Å². The third-order valence-electron chi connectivity index (χ3n) is 5.23. The molecule has 0 spiro atoms. The Hall–Kier alpha value is -2.65. The van der Waals surface area contributed by atoms with E-state index >= 15 is 0 Å². The van der Waals surface area contributed by atoms with Crippen LogP contribution < -0.4 is 16.2 Å². The highest BCUT2D eigenvalue weighted by atomic mass is 32.2. The van der Waals surface area contributed by atoms with E-state index in [0.717, 1.165) is 32.1 Å². The van der Waals surface area contributed by atoms with Gasteiger partial charge >= 0.3 is 0 Å². The van der Waals surface area contributed by atoms with Crippen molar-refractivity contribution in [1.82, 2.24) is 15.3 Å². The summed E-state index contributed by atoms with van der Waals surface area (Å²) in [6, 6.07) is 5.69. The molecule has 164 valence electrons. The molecule has 0 aliphatic rings. The minimum Gasteiger partial charge on any atom is -0.346 e. The number of carbonyl (C=O) groups excluding carboxylic acids is 2. The summed E-state index contributed by atoms with van der Waals surface area (Å²) >= 11 is 2.85. The van der Waals surface area contributed by atoms with Crippen LogP contribution in [0, 0.1) is 27.7 Å². The smallest absolute Gasteiger partial charge is 0.259 e. The van der Waals surface area contributed by atoms with E-state index in [1.54, 1.807) is 6.92 Å². The maximum atomic E-state index is 12.4. The van der Waals surface area contributed by atoms with Crippen LogP contribution in [0.15, 0.2) is 23.0 Å². The van der Waals surface area contributed by atoms with Crippen LogP contribution in [-0.2, 0) is 15.3 Å².